The average molecular weight is 431 g/mol. The summed E-state index contributed by atoms with van der Waals surface area (Å²) in [5.41, 5.74) is 1.83. The molecular weight excluding hydrogens is 413 g/mol. The summed E-state index contributed by atoms with van der Waals surface area (Å²) in [7, 11) is 0. The summed E-state index contributed by atoms with van der Waals surface area (Å²) < 4.78 is 16.7. The lowest BCUT2D eigenvalue weighted by Crippen LogP contribution is -2.39. The first kappa shape index (κ1) is 21.0. The van der Waals surface area contributed by atoms with E-state index in [2.05, 4.69) is 6.58 Å². The van der Waals surface area contributed by atoms with Gasteiger partial charge < -0.3 is 0 Å². The fourth-order valence-electron chi connectivity index (χ4n) is 3.51. The summed E-state index contributed by atoms with van der Waals surface area (Å²) in [6.45, 7) is 3.73. The Labute approximate surface area is 181 Å². The molecule has 32 heavy (non-hydrogen) atoms. The van der Waals surface area contributed by atoms with Gasteiger partial charge in [-0.3, -0.25) is 19.4 Å². The number of para-hydroxylation sites is 2. The highest BCUT2D eigenvalue weighted by Gasteiger charge is 2.17. The Morgan fingerprint density at radius 1 is 0.969 bits per heavy atom. The van der Waals surface area contributed by atoms with Crippen LogP contribution in [0, 0.1) is 5.82 Å². The van der Waals surface area contributed by atoms with Gasteiger partial charge in [-0.2, -0.15) is 0 Å². The van der Waals surface area contributed by atoms with Crippen molar-refractivity contribution in [1.29, 1.82) is 0 Å². The predicted molar refractivity (Wildman–Crippen MR) is 118 cm³/mol. The first-order valence-electron chi connectivity index (χ1n) is 9.64. The van der Waals surface area contributed by atoms with Crippen molar-refractivity contribution >= 4 is 22.4 Å². The molecule has 0 spiro atoms. The van der Waals surface area contributed by atoms with Crippen LogP contribution in [0.15, 0.2) is 89.0 Å². The van der Waals surface area contributed by atoms with Gasteiger partial charge >= 0.3 is 5.69 Å². The molecule has 0 aliphatic carbocycles. The van der Waals surface area contributed by atoms with E-state index in [1.54, 1.807) is 54.6 Å². The van der Waals surface area contributed by atoms with Crippen LogP contribution >= 0.6 is 0 Å². The number of fused-ring (bicyclic) bond motifs is 1. The molecule has 0 aliphatic heterocycles. The van der Waals surface area contributed by atoms with E-state index < -0.39 is 23.0 Å². The topological polar surface area (TPSA) is 93.3 Å². The number of aromatic nitrogens is 2. The zero-order valence-corrected chi connectivity index (χ0v) is 16.8. The van der Waals surface area contributed by atoms with Crippen molar-refractivity contribution < 1.29 is 14.4 Å². The smallest absolute Gasteiger partial charge is 0.288 e. The third-order valence-electron chi connectivity index (χ3n) is 5.16. The zero-order valence-electron chi connectivity index (χ0n) is 16.8. The first-order valence-corrected chi connectivity index (χ1v) is 9.64. The van der Waals surface area contributed by atoms with Crippen molar-refractivity contribution in [2.45, 2.75) is 6.54 Å². The molecule has 3 aromatic carbocycles. The van der Waals surface area contributed by atoms with Gasteiger partial charge in [0.15, 0.2) is 0 Å². The highest BCUT2D eigenvalue weighted by Crippen LogP contribution is 2.17. The zero-order chi connectivity index (χ0) is 22.8. The van der Waals surface area contributed by atoms with Crippen LogP contribution in [0.2, 0.25) is 0 Å². The Morgan fingerprint density at radius 3 is 2.31 bits per heavy atom. The van der Waals surface area contributed by atoms with Gasteiger partial charge in [-0.1, -0.05) is 55.1 Å². The number of nitrogens with zero attached hydrogens (tertiary/aromatic N) is 2. The highest BCUT2D eigenvalue weighted by atomic mass is 19.1. The molecule has 0 saturated heterocycles. The fourth-order valence-corrected chi connectivity index (χ4v) is 3.51. The Hall–Kier alpha value is -4.30. The average Bonchev–Trinajstić information content (AvgIpc) is 2.82. The van der Waals surface area contributed by atoms with Crippen LogP contribution in [0.25, 0.3) is 22.2 Å². The summed E-state index contributed by atoms with van der Waals surface area (Å²) in [5.74, 6) is -1.41. The number of nitrogens with one attached hydrogen (secondary N) is 1. The molecule has 1 aromatic heterocycles. The minimum Gasteiger partial charge on any atom is -0.288 e. The number of carbonyl (C=O) groups is 1. The maximum Gasteiger partial charge on any atom is 0.336 e. The summed E-state index contributed by atoms with van der Waals surface area (Å²) in [6.07, 6.45) is 0. The predicted octanol–water partition coefficient (Wildman–Crippen LogP) is 2.86. The van der Waals surface area contributed by atoms with Crippen molar-refractivity contribution in [3.05, 3.63) is 117 Å². The molecule has 0 bridgehead atoms. The van der Waals surface area contributed by atoms with Crippen LogP contribution in [-0.2, 0) is 11.3 Å². The Kier molecular flexibility index (Phi) is 5.53. The number of rotatable bonds is 5. The molecule has 0 atom stereocenters. The second kappa shape index (κ2) is 8.44. The monoisotopic (exact) mass is 431 g/mol. The van der Waals surface area contributed by atoms with Crippen LogP contribution in [-0.4, -0.2) is 20.2 Å². The van der Waals surface area contributed by atoms with Gasteiger partial charge in [-0.25, -0.2) is 19.2 Å². The number of halogens is 1. The lowest BCUT2D eigenvalue weighted by Gasteiger charge is -2.15. The summed E-state index contributed by atoms with van der Waals surface area (Å²) in [4.78, 5) is 37.9. The SMILES string of the molecule is C=C(C(=O)NO)c1ccc(Cn2c(=O)n(-c3ccccc3F)c(=O)c3ccccc32)cc1. The number of amides is 1. The second-order valence-corrected chi connectivity index (χ2v) is 7.09. The van der Waals surface area contributed by atoms with Crippen LogP contribution in [0.3, 0.4) is 0 Å². The van der Waals surface area contributed by atoms with E-state index in [0.717, 1.165) is 4.57 Å². The molecule has 0 saturated carbocycles. The molecular formula is C24H18FN3O4. The molecule has 8 heteroatoms. The normalized spacial score (nSPS) is 10.8. The number of hydrogen-bond donors (Lipinski definition) is 2. The van der Waals surface area contributed by atoms with Crippen molar-refractivity contribution in [2.24, 2.45) is 0 Å². The molecule has 1 heterocycles. The van der Waals surface area contributed by atoms with E-state index >= 15 is 0 Å². The van der Waals surface area contributed by atoms with Gasteiger partial charge in [0, 0.05) is 5.57 Å². The maximum atomic E-state index is 14.4. The quantitative estimate of drug-likeness (QED) is 0.289. The van der Waals surface area contributed by atoms with E-state index in [1.165, 1.54) is 28.2 Å². The number of hydrogen-bond acceptors (Lipinski definition) is 4. The van der Waals surface area contributed by atoms with Crippen molar-refractivity contribution in [3.8, 4) is 5.69 Å². The van der Waals surface area contributed by atoms with Crippen LogP contribution in [0.5, 0.6) is 0 Å². The molecule has 4 aromatic rings. The summed E-state index contributed by atoms with van der Waals surface area (Å²) in [6, 6.07) is 18.9. The molecule has 160 valence electrons. The Morgan fingerprint density at radius 2 is 1.62 bits per heavy atom. The molecule has 0 fully saturated rings. The van der Waals surface area contributed by atoms with Crippen molar-refractivity contribution in [2.75, 3.05) is 0 Å². The Balaban J connectivity index is 1.86. The molecule has 0 radical (unpaired) electrons. The Bertz CT molecular complexity index is 1470. The van der Waals surface area contributed by atoms with Crippen molar-refractivity contribution in [3.63, 3.8) is 0 Å². The highest BCUT2D eigenvalue weighted by molar-refractivity contribution is 6.18. The van der Waals surface area contributed by atoms with E-state index in [9.17, 15) is 18.8 Å². The third-order valence-corrected chi connectivity index (χ3v) is 5.16. The minimum atomic E-state index is -0.725. The minimum absolute atomic E-state index is 0.0785. The molecule has 7 nitrogen and oxygen atoms in total. The molecule has 4 rings (SSSR count). The van der Waals surface area contributed by atoms with Gasteiger partial charge in [0.1, 0.15) is 5.82 Å². The van der Waals surface area contributed by atoms with Gasteiger partial charge in [0.25, 0.3) is 11.5 Å². The lowest BCUT2D eigenvalue weighted by molar-refractivity contribution is -0.123. The van der Waals surface area contributed by atoms with E-state index in [0.29, 0.717) is 16.6 Å². The van der Waals surface area contributed by atoms with E-state index in [-0.39, 0.29) is 23.2 Å². The standard InChI is InChI=1S/C24H18FN3O4/c1-15(22(29)26-32)17-12-10-16(11-13-17)14-27-20-8-4-2-6-18(20)23(30)28(24(27)31)21-9-5-3-7-19(21)25/h2-13,32H,1,14H2,(H,26,29). The molecule has 0 unspecified atom stereocenters. The number of hydroxylamine groups is 1. The molecule has 2 N–H and O–H groups in total. The second-order valence-electron chi connectivity index (χ2n) is 7.09. The van der Waals surface area contributed by atoms with Crippen molar-refractivity contribution in [1.82, 2.24) is 14.6 Å². The van der Waals surface area contributed by atoms with E-state index in [1.807, 2.05) is 0 Å². The largest absolute Gasteiger partial charge is 0.336 e. The van der Waals surface area contributed by atoms with Crippen LogP contribution < -0.4 is 16.7 Å². The van der Waals surface area contributed by atoms with E-state index in [4.69, 9.17) is 5.21 Å². The summed E-state index contributed by atoms with van der Waals surface area (Å²) >= 11 is 0. The summed E-state index contributed by atoms with van der Waals surface area (Å²) in [5, 5.41) is 9.03. The molecule has 0 aliphatic rings. The fraction of sp³-hybridized carbons (Fsp3) is 0.0417. The third kappa shape index (κ3) is 3.63. The van der Waals surface area contributed by atoms with Crippen LogP contribution in [0.1, 0.15) is 11.1 Å². The number of carbonyl (C=O) groups excluding carboxylic acids is 1. The van der Waals surface area contributed by atoms with Gasteiger partial charge in [-0.15, -0.1) is 0 Å². The lowest BCUT2D eigenvalue weighted by atomic mass is 10.0. The van der Waals surface area contributed by atoms with Gasteiger partial charge in [0.05, 0.1) is 23.1 Å². The molecule has 1 amide bonds. The maximum absolute atomic E-state index is 14.4. The van der Waals surface area contributed by atoms with Crippen LogP contribution in [0.4, 0.5) is 4.39 Å². The van der Waals surface area contributed by atoms with Gasteiger partial charge in [0.2, 0.25) is 0 Å². The number of benzene rings is 3. The first-order chi connectivity index (χ1) is 15.4. The van der Waals surface area contributed by atoms with Gasteiger partial charge in [-0.05, 0) is 35.4 Å².